The number of halogens is 1. The number of ether oxygens (including phenoxy) is 1. The first-order chi connectivity index (χ1) is 11.5. The lowest BCUT2D eigenvalue weighted by molar-refractivity contribution is -0.114. The zero-order chi connectivity index (χ0) is 17.5. The van der Waals surface area contributed by atoms with E-state index in [1.807, 2.05) is 24.3 Å². The second-order valence-electron chi connectivity index (χ2n) is 5.23. The van der Waals surface area contributed by atoms with Crippen LogP contribution in [0.2, 0.25) is 5.02 Å². The molecule has 5 nitrogen and oxygen atoms in total. The van der Waals surface area contributed by atoms with Gasteiger partial charge in [-0.25, -0.2) is 0 Å². The highest BCUT2D eigenvalue weighted by Crippen LogP contribution is 2.22. The molecule has 0 spiro atoms. The van der Waals surface area contributed by atoms with Gasteiger partial charge in [-0.2, -0.15) is 0 Å². The van der Waals surface area contributed by atoms with Crippen LogP contribution in [0, 0.1) is 0 Å². The van der Waals surface area contributed by atoms with Crippen molar-refractivity contribution < 1.29 is 14.3 Å². The molecule has 0 saturated carbocycles. The molecule has 24 heavy (non-hydrogen) atoms. The summed E-state index contributed by atoms with van der Waals surface area (Å²) in [6.45, 7) is 1.89. The summed E-state index contributed by atoms with van der Waals surface area (Å²) in [7, 11) is 1.50. The van der Waals surface area contributed by atoms with E-state index >= 15 is 0 Å². The summed E-state index contributed by atoms with van der Waals surface area (Å²) in [5.74, 6) is -0.00428. The van der Waals surface area contributed by atoms with Crippen molar-refractivity contribution in [2.24, 2.45) is 0 Å². The van der Waals surface area contributed by atoms with E-state index in [-0.39, 0.29) is 11.8 Å². The van der Waals surface area contributed by atoms with Crippen LogP contribution < -0.4 is 15.4 Å². The molecular formula is C18H19ClN2O3. The molecule has 0 radical (unpaired) electrons. The molecule has 2 amide bonds. The number of methoxy groups -OCH3 is 1. The molecular weight excluding hydrogens is 328 g/mol. The number of carbonyl (C=O) groups excluding carboxylic acids is 2. The van der Waals surface area contributed by atoms with E-state index in [2.05, 4.69) is 10.6 Å². The van der Waals surface area contributed by atoms with Crippen molar-refractivity contribution in [3.05, 3.63) is 58.6 Å². The second kappa shape index (κ2) is 8.36. The zero-order valence-electron chi connectivity index (χ0n) is 13.6. The maximum Gasteiger partial charge on any atom is 0.255 e. The van der Waals surface area contributed by atoms with Crippen LogP contribution in [0.5, 0.6) is 5.75 Å². The molecule has 0 heterocycles. The number of anilines is 1. The van der Waals surface area contributed by atoms with Crippen LogP contribution in [0.15, 0.2) is 42.5 Å². The first-order valence-electron chi connectivity index (χ1n) is 7.48. The van der Waals surface area contributed by atoms with E-state index in [9.17, 15) is 9.59 Å². The molecule has 0 atom stereocenters. The van der Waals surface area contributed by atoms with Gasteiger partial charge in [-0.15, -0.1) is 0 Å². The molecule has 0 fully saturated rings. The summed E-state index contributed by atoms with van der Waals surface area (Å²) in [4.78, 5) is 23.5. The Morgan fingerprint density at radius 3 is 2.46 bits per heavy atom. The van der Waals surface area contributed by atoms with Gasteiger partial charge in [-0.1, -0.05) is 23.7 Å². The predicted octanol–water partition coefficient (Wildman–Crippen LogP) is 3.28. The van der Waals surface area contributed by atoms with Gasteiger partial charge < -0.3 is 15.4 Å². The molecule has 2 aromatic carbocycles. The van der Waals surface area contributed by atoms with Crippen LogP contribution in [0.1, 0.15) is 22.8 Å². The van der Waals surface area contributed by atoms with Crippen LogP contribution in [-0.2, 0) is 11.2 Å². The number of hydrogen-bond acceptors (Lipinski definition) is 3. The highest BCUT2D eigenvalue weighted by Gasteiger charge is 2.13. The summed E-state index contributed by atoms with van der Waals surface area (Å²) in [6.07, 6.45) is 0.691. The topological polar surface area (TPSA) is 67.4 Å². The van der Waals surface area contributed by atoms with Crippen molar-refractivity contribution in [2.45, 2.75) is 13.3 Å². The minimum absolute atomic E-state index is 0.200. The fourth-order valence-electron chi connectivity index (χ4n) is 2.23. The quantitative estimate of drug-likeness (QED) is 0.843. The lowest BCUT2D eigenvalue weighted by Gasteiger charge is -2.11. The molecule has 0 saturated heterocycles. The smallest absolute Gasteiger partial charge is 0.255 e. The van der Waals surface area contributed by atoms with Gasteiger partial charge >= 0.3 is 0 Å². The number of nitrogens with one attached hydrogen (secondary N) is 2. The molecule has 126 valence electrons. The van der Waals surface area contributed by atoms with Crippen LogP contribution in [0.3, 0.4) is 0 Å². The van der Waals surface area contributed by atoms with Gasteiger partial charge in [0.15, 0.2) is 0 Å². The summed E-state index contributed by atoms with van der Waals surface area (Å²) >= 11 is 5.85. The van der Waals surface area contributed by atoms with E-state index < -0.39 is 0 Å². The monoisotopic (exact) mass is 346 g/mol. The first kappa shape index (κ1) is 17.8. The number of hydrogen-bond donors (Lipinski definition) is 2. The summed E-state index contributed by atoms with van der Waals surface area (Å²) < 4.78 is 5.22. The van der Waals surface area contributed by atoms with Gasteiger partial charge in [-0.05, 0) is 42.3 Å². The standard InChI is InChI=1S/C18H19ClN2O3/c1-12(22)21-15-7-8-17(24-2)16(11-15)18(23)20-10-9-13-3-5-14(19)6-4-13/h3-8,11H,9-10H2,1-2H3,(H,20,23)(H,21,22). The second-order valence-corrected chi connectivity index (χ2v) is 5.67. The van der Waals surface area contributed by atoms with Gasteiger partial charge in [0.05, 0.1) is 12.7 Å². The van der Waals surface area contributed by atoms with E-state index in [1.54, 1.807) is 18.2 Å². The summed E-state index contributed by atoms with van der Waals surface area (Å²) in [5, 5.41) is 6.19. The number of carbonyl (C=O) groups is 2. The zero-order valence-corrected chi connectivity index (χ0v) is 14.3. The average Bonchev–Trinajstić information content (AvgIpc) is 2.56. The molecule has 0 aliphatic heterocycles. The Morgan fingerprint density at radius 2 is 1.83 bits per heavy atom. The highest BCUT2D eigenvalue weighted by molar-refractivity contribution is 6.30. The Labute approximate surface area is 146 Å². The molecule has 2 rings (SSSR count). The molecule has 0 aliphatic carbocycles. The molecule has 0 bridgehead atoms. The lowest BCUT2D eigenvalue weighted by Crippen LogP contribution is -2.26. The molecule has 0 aliphatic rings. The largest absolute Gasteiger partial charge is 0.496 e. The van der Waals surface area contributed by atoms with Gasteiger partial charge in [0.25, 0.3) is 5.91 Å². The average molecular weight is 347 g/mol. The van der Waals surface area contributed by atoms with E-state index in [1.165, 1.54) is 14.0 Å². The Balaban J connectivity index is 2.02. The van der Waals surface area contributed by atoms with Crippen LogP contribution in [0.25, 0.3) is 0 Å². The number of amides is 2. The SMILES string of the molecule is COc1ccc(NC(C)=O)cc1C(=O)NCCc1ccc(Cl)cc1. The highest BCUT2D eigenvalue weighted by atomic mass is 35.5. The number of benzene rings is 2. The first-order valence-corrected chi connectivity index (χ1v) is 7.85. The van der Waals surface area contributed by atoms with Gasteiger partial charge in [0.2, 0.25) is 5.91 Å². The fraction of sp³-hybridized carbons (Fsp3) is 0.222. The molecule has 0 unspecified atom stereocenters. The van der Waals surface area contributed by atoms with Crippen LogP contribution in [0.4, 0.5) is 5.69 Å². The molecule has 2 N–H and O–H groups in total. The van der Waals surface area contributed by atoms with E-state index in [0.29, 0.717) is 35.0 Å². The maximum absolute atomic E-state index is 12.4. The van der Waals surface area contributed by atoms with Crippen molar-refractivity contribution in [3.8, 4) is 5.75 Å². The Morgan fingerprint density at radius 1 is 1.12 bits per heavy atom. The lowest BCUT2D eigenvalue weighted by atomic mass is 10.1. The molecule has 2 aromatic rings. The predicted molar refractivity (Wildman–Crippen MR) is 94.8 cm³/mol. The van der Waals surface area contributed by atoms with Crippen molar-refractivity contribution in [2.75, 3.05) is 19.0 Å². The summed E-state index contributed by atoms with van der Waals surface area (Å²) in [6, 6.07) is 12.4. The Bertz CT molecular complexity index is 730. The van der Waals surface area contributed by atoms with Crippen molar-refractivity contribution >= 4 is 29.1 Å². The normalized spacial score (nSPS) is 10.1. The van der Waals surface area contributed by atoms with Gasteiger partial charge in [-0.3, -0.25) is 9.59 Å². The fourth-order valence-corrected chi connectivity index (χ4v) is 2.36. The van der Waals surface area contributed by atoms with Crippen molar-refractivity contribution in [1.29, 1.82) is 0 Å². The third-order valence-corrected chi connectivity index (χ3v) is 3.63. The van der Waals surface area contributed by atoms with Gasteiger partial charge in [0, 0.05) is 24.2 Å². The van der Waals surface area contributed by atoms with E-state index in [0.717, 1.165) is 5.56 Å². The van der Waals surface area contributed by atoms with Crippen LogP contribution in [-0.4, -0.2) is 25.5 Å². The molecule has 6 heteroatoms. The van der Waals surface area contributed by atoms with Crippen molar-refractivity contribution in [1.82, 2.24) is 5.32 Å². The molecule has 0 aromatic heterocycles. The maximum atomic E-state index is 12.4. The number of rotatable bonds is 6. The minimum Gasteiger partial charge on any atom is -0.496 e. The van der Waals surface area contributed by atoms with Gasteiger partial charge in [0.1, 0.15) is 5.75 Å². The third-order valence-electron chi connectivity index (χ3n) is 3.38. The minimum atomic E-state index is -0.256. The Hall–Kier alpha value is -2.53. The Kier molecular flexibility index (Phi) is 6.21. The third kappa shape index (κ3) is 4.99. The van der Waals surface area contributed by atoms with Crippen LogP contribution >= 0.6 is 11.6 Å². The van der Waals surface area contributed by atoms with E-state index in [4.69, 9.17) is 16.3 Å². The van der Waals surface area contributed by atoms with Crippen molar-refractivity contribution in [3.63, 3.8) is 0 Å². The summed E-state index contributed by atoms with van der Waals surface area (Å²) in [5.41, 5.74) is 2.00.